The molecule has 0 saturated heterocycles. The lowest BCUT2D eigenvalue weighted by Crippen LogP contribution is -2.25. The first-order chi connectivity index (χ1) is 10.3. The number of unbranched alkanes of at least 4 members (excludes halogenated alkanes) is 1. The van der Waals surface area contributed by atoms with E-state index in [9.17, 15) is 22.8 Å². The number of carbonyl (C=O) groups excluding carboxylic acids is 1. The van der Waals surface area contributed by atoms with Crippen LogP contribution in [0.25, 0.3) is 0 Å². The van der Waals surface area contributed by atoms with Gasteiger partial charge in [-0.15, -0.1) is 0 Å². The molecule has 1 saturated carbocycles. The summed E-state index contributed by atoms with van der Waals surface area (Å²) in [5, 5.41) is 2.85. The van der Waals surface area contributed by atoms with E-state index in [2.05, 4.69) is 10.3 Å². The predicted octanol–water partition coefficient (Wildman–Crippen LogP) is 2.92. The van der Waals surface area contributed by atoms with E-state index in [-0.39, 0.29) is 24.0 Å². The Morgan fingerprint density at radius 1 is 1.45 bits per heavy atom. The van der Waals surface area contributed by atoms with E-state index in [1.54, 1.807) is 0 Å². The zero-order valence-electron chi connectivity index (χ0n) is 12.0. The monoisotopic (exact) mass is 318 g/mol. The van der Waals surface area contributed by atoms with Crippen molar-refractivity contribution in [3.05, 3.63) is 27.5 Å². The third kappa shape index (κ3) is 4.02. The summed E-state index contributed by atoms with van der Waals surface area (Å²) in [5.74, 6) is -0.889. The van der Waals surface area contributed by atoms with Gasteiger partial charge in [-0.3, -0.25) is 4.79 Å². The lowest BCUT2D eigenvalue weighted by Gasteiger charge is -2.13. The molecule has 5 nitrogen and oxygen atoms in total. The minimum Gasteiger partial charge on any atom is -0.462 e. The van der Waals surface area contributed by atoms with Crippen LogP contribution in [0.3, 0.4) is 0 Å². The maximum atomic E-state index is 12.8. The summed E-state index contributed by atoms with van der Waals surface area (Å²) in [6.07, 6.45) is -1.74. The van der Waals surface area contributed by atoms with Crippen LogP contribution in [0, 0.1) is 0 Å². The zero-order valence-corrected chi connectivity index (χ0v) is 12.0. The Labute approximate surface area is 124 Å². The molecule has 0 atom stereocenters. The van der Waals surface area contributed by atoms with Gasteiger partial charge >= 0.3 is 12.1 Å². The van der Waals surface area contributed by atoms with E-state index >= 15 is 0 Å². The Bertz CT molecular complexity index is 606. The van der Waals surface area contributed by atoms with E-state index in [4.69, 9.17) is 4.74 Å². The maximum Gasteiger partial charge on any atom is 0.421 e. The number of hydrogen-bond acceptors (Lipinski definition) is 4. The minimum atomic E-state index is -4.83. The first kappa shape index (κ1) is 16.4. The second kappa shape index (κ2) is 6.41. The lowest BCUT2D eigenvalue weighted by atomic mass is 10.1. The van der Waals surface area contributed by atoms with E-state index in [0.717, 1.165) is 19.3 Å². The molecule has 0 radical (unpaired) electrons. The molecule has 1 aliphatic rings. The summed E-state index contributed by atoms with van der Waals surface area (Å²) >= 11 is 0. The number of nitrogens with one attached hydrogen (secondary N) is 2. The number of H-pyrrole nitrogens is 1. The molecule has 2 rings (SSSR count). The van der Waals surface area contributed by atoms with Crippen LogP contribution in [-0.2, 0) is 10.9 Å². The number of rotatable bonds is 6. The van der Waals surface area contributed by atoms with E-state index in [1.807, 2.05) is 6.92 Å². The summed E-state index contributed by atoms with van der Waals surface area (Å²) < 4.78 is 43.4. The topological polar surface area (TPSA) is 71.2 Å². The second-order valence-corrected chi connectivity index (χ2v) is 5.21. The first-order valence-electron chi connectivity index (χ1n) is 7.11. The number of aromatic amines is 1. The molecular formula is C14H17F3N2O3. The first-order valence-corrected chi connectivity index (χ1v) is 7.11. The van der Waals surface area contributed by atoms with Crippen LogP contribution in [0.4, 0.5) is 19.0 Å². The van der Waals surface area contributed by atoms with Crippen molar-refractivity contribution >= 4 is 11.8 Å². The van der Waals surface area contributed by atoms with Crippen LogP contribution >= 0.6 is 0 Å². The van der Waals surface area contributed by atoms with E-state index in [0.29, 0.717) is 12.5 Å². The number of aromatic nitrogens is 1. The number of pyridine rings is 1. The molecule has 1 aromatic heterocycles. The summed E-state index contributed by atoms with van der Waals surface area (Å²) in [5.41, 5.74) is -2.98. The van der Waals surface area contributed by atoms with Crippen molar-refractivity contribution in [3.8, 4) is 0 Å². The molecule has 122 valence electrons. The Balaban J connectivity index is 2.33. The predicted molar refractivity (Wildman–Crippen MR) is 73.9 cm³/mol. The lowest BCUT2D eigenvalue weighted by molar-refractivity contribution is -0.138. The molecule has 0 amide bonds. The molecule has 1 heterocycles. The largest absolute Gasteiger partial charge is 0.462 e. The van der Waals surface area contributed by atoms with Crippen LogP contribution in [-0.4, -0.2) is 23.6 Å². The molecule has 2 N–H and O–H groups in total. The highest BCUT2D eigenvalue weighted by Gasteiger charge is 2.36. The number of halogens is 3. The second-order valence-electron chi connectivity index (χ2n) is 5.21. The highest BCUT2D eigenvalue weighted by atomic mass is 19.4. The molecule has 22 heavy (non-hydrogen) atoms. The van der Waals surface area contributed by atoms with Crippen LogP contribution in [0.2, 0.25) is 0 Å². The van der Waals surface area contributed by atoms with Crippen molar-refractivity contribution in [1.29, 1.82) is 0 Å². The molecule has 0 unspecified atom stereocenters. The van der Waals surface area contributed by atoms with Gasteiger partial charge in [-0.2, -0.15) is 13.2 Å². The van der Waals surface area contributed by atoms with Gasteiger partial charge in [0.15, 0.2) is 0 Å². The van der Waals surface area contributed by atoms with E-state index < -0.39 is 23.3 Å². The number of hydrogen-bond donors (Lipinski definition) is 2. The van der Waals surface area contributed by atoms with Crippen LogP contribution in [0.1, 0.15) is 48.5 Å². The highest BCUT2D eigenvalue weighted by molar-refractivity contribution is 5.95. The molecule has 0 aliphatic heterocycles. The Morgan fingerprint density at radius 3 is 2.68 bits per heavy atom. The van der Waals surface area contributed by atoms with Crippen molar-refractivity contribution in [2.45, 2.75) is 44.8 Å². The van der Waals surface area contributed by atoms with Crippen molar-refractivity contribution in [2.24, 2.45) is 0 Å². The molecule has 1 fully saturated rings. The molecule has 8 heteroatoms. The Hall–Kier alpha value is -1.99. The quantitative estimate of drug-likeness (QED) is 0.625. The van der Waals surface area contributed by atoms with Crippen molar-refractivity contribution in [1.82, 2.24) is 4.98 Å². The number of esters is 1. The molecule has 1 aromatic rings. The van der Waals surface area contributed by atoms with Gasteiger partial charge in [0.25, 0.3) is 5.56 Å². The molecule has 0 spiro atoms. The fourth-order valence-electron chi connectivity index (χ4n) is 1.83. The van der Waals surface area contributed by atoms with E-state index in [1.165, 1.54) is 0 Å². The molecule has 0 bridgehead atoms. The Morgan fingerprint density at radius 2 is 2.14 bits per heavy atom. The normalized spacial score (nSPS) is 14.7. The van der Waals surface area contributed by atoms with Crippen molar-refractivity contribution in [2.75, 3.05) is 11.9 Å². The highest BCUT2D eigenvalue weighted by Crippen LogP contribution is 2.30. The third-order valence-corrected chi connectivity index (χ3v) is 3.22. The molecular weight excluding hydrogens is 301 g/mol. The number of ether oxygens (including phenoxy) is 1. The van der Waals surface area contributed by atoms with Crippen LogP contribution in [0.5, 0.6) is 0 Å². The smallest absolute Gasteiger partial charge is 0.421 e. The summed E-state index contributed by atoms with van der Waals surface area (Å²) in [6, 6.07) is 0.618. The number of alkyl halides is 3. The zero-order chi connectivity index (χ0) is 16.3. The fourth-order valence-corrected chi connectivity index (χ4v) is 1.83. The average molecular weight is 318 g/mol. The SMILES string of the molecule is CCCCOC(=O)c1cc(C(F)(F)F)c(=O)[nH]c1NC1CC1. The number of carbonyl (C=O) groups is 1. The van der Waals surface area contributed by atoms with Crippen molar-refractivity contribution in [3.63, 3.8) is 0 Å². The Kier molecular flexibility index (Phi) is 4.77. The number of anilines is 1. The van der Waals surface area contributed by atoms with Gasteiger partial charge in [0, 0.05) is 6.04 Å². The van der Waals surface area contributed by atoms with Crippen LogP contribution in [0.15, 0.2) is 10.9 Å². The standard InChI is InChI=1S/C14H17F3N2O3/c1-2-3-6-22-13(21)9-7-10(14(15,16)17)12(20)19-11(9)18-8-4-5-8/h7-8H,2-6H2,1H3,(H2,18,19,20). The maximum absolute atomic E-state index is 12.8. The fraction of sp³-hybridized carbons (Fsp3) is 0.571. The van der Waals surface area contributed by atoms with Gasteiger partial charge in [0.1, 0.15) is 16.9 Å². The van der Waals surface area contributed by atoms with Gasteiger partial charge in [-0.05, 0) is 25.3 Å². The third-order valence-electron chi connectivity index (χ3n) is 3.22. The summed E-state index contributed by atoms with van der Waals surface area (Å²) in [7, 11) is 0. The van der Waals surface area contributed by atoms with Gasteiger partial charge in [0.2, 0.25) is 0 Å². The van der Waals surface area contributed by atoms with Crippen LogP contribution < -0.4 is 10.9 Å². The van der Waals surface area contributed by atoms with Gasteiger partial charge in [0.05, 0.1) is 6.61 Å². The van der Waals surface area contributed by atoms with Crippen molar-refractivity contribution < 1.29 is 22.7 Å². The van der Waals surface area contributed by atoms with Gasteiger partial charge in [-0.1, -0.05) is 13.3 Å². The van der Waals surface area contributed by atoms with Gasteiger partial charge < -0.3 is 15.0 Å². The summed E-state index contributed by atoms with van der Waals surface area (Å²) in [4.78, 5) is 25.6. The average Bonchev–Trinajstić information content (AvgIpc) is 3.21. The van der Waals surface area contributed by atoms with Gasteiger partial charge in [-0.25, -0.2) is 4.79 Å². The molecule has 1 aliphatic carbocycles. The minimum absolute atomic E-state index is 0.0120. The summed E-state index contributed by atoms with van der Waals surface area (Å²) in [6.45, 7) is 2.02. The molecule has 0 aromatic carbocycles.